The normalized spacial score (nSPS) is 19.6. The van der Waals surface area contributed by atoms with Gasteiger partial charge in [0.15, 0.2) is 5.82 Å². The van der Waals surface area contributed by atoms with Crippen molar-refractivity contribution < 1.29 is 4.52 Å². The smallest absolute Gasteiger partial charge is 0.257 e. The van der Waals surface area contributed by atoms with Crippen LogP contribution in [0, 0.1) is 6.92 Å². The molecule has 0 bridgehead atoms. The molecule has 0 amide bonds. The van der Waals surface area contributed by atoms with Gasteiger partial charge in [-0.2, -0.15) is 9.98 Å². The zero-order chi connectivity index (χ0) is 17.4. The number of aromatic nitrogens is 2. The van der Waals surface area contributed by atoms with Crippen LogP contribution < -0.4 is 16.4 Å². The highest BCUT2D eigenvalue weighted by atomic mass is 16.5. The number of aliphatic imine (C=N–C) groups is 2. The van der Waals surface area contributed by atoms with Crippen molar-refractivity contribution in [3.63, 3.8) is 0 Å². The first-order valence-electron chi connectivity index (χ1n) is 8.48. The van der Waals surface area contributed by atoms with E-state index in [1.807, 2.05) is 29.2 Å². The Morgan fingerprint density at radius 2 is 1.80 bits per heavy atom. The lowest BCUT2D eigenvalue weighted by molar-refractivity contribution is 0.305. The van der Waals surface area contributed by atoms with E-state index in [2.05, 4.69) is 20.1 Å². The molecular formula is C17H21N7O. The minimum Gasteiger partial charge on any atom is -0.369 e. The maximum Gasteiger partial charge on any atom is 0.257 e. The van der Waals surface area contributed by atoms with Gasteiger partial charge in [0.05, 0.1) is 0 Å². The molecule has 25 heavy (non-hydrogen) atoms. The van der Waals surface area contributed by atoms with Crippen molar-refractivity contribution in [2.24, 2.45) is 21.5 Å². The van der Waals surface area contributed by atoms with Crippen LogP contribution in [0.15, 0.2) is 38.8 Å². The zero-order valence-electron chi connectivity index (χ0n) is 14.1. The summed E-state index contributed by atoms with van der Waals surface area (Å²) >= 11 is 0. The van der Waals surface area contributed by atoms with Crippen LogP contribution in [-0.4, -0.2) is 27.7 Å². The molecule has 1 aromatic carbocycles. The minimum absolute atomic E-state index is 0.258. The summed E-state index contributed by atoms with van der Waals surface area (Å²) in [7, 11) is 0. The summed E-state index contributed by atoms with van der Waals surface area (Å²) in [5.41, 5.74) is 13.5. The number of nitrogens with zero attached hydrogens (tertiary/aromatic N) is 5. The quantitative estimate of drug-likeness (QED) is 0.865. The lowest BCUT2D eigenvalue weighted by Gasteiger charge is -2.45. The third kappa shape index (κ3) is 2.73. The van der Waals surface area contributed by atoms with Crippen LogP contribution in [0.2, 0.25) is 0 Å². The SMILES string of the molecule is Cc1noc(-c2ccc(N3C(N)=NC(N)=NC34CCCCC4)cc2)n1. The molecule has 4 rings (SSSR count). The van der Waals surface area contributed by atoms with Gasteiger partial charge in [-0.25, -0.2) is 4.99 Å². The second-order valence-electron chi connectivity index (χ2n) is 6.51. The number of rotatable bonds is 2. The molecular weight excluding hydrogens is 318 g/mol. The molecule has 4 N–H and O–H groups in total. The second-order valence-corrected chi connectivity index (χ2v) is 6.51. The third-order valence-corrected chi connectivity index (χ3v) is 4.75. The summed E-state index contributed by atoms with van der Waals surface area (Å²) < 4.78 is 5.22. The van der Waals surface area contributed by atoms with Gasteiger partial charge < -0.3 is 16.0 Å². The van der Waals surface area contributed by atoms with E-state index in [1.165, 1.54) is 6.42 Å². The molecule has 0 radical (unpaired) electrons. The first-order chi connectivity index (χ1) is 12.1. The van der Waals surface area contributed by atoms with Gasteiger partial charge in [-0.1, -0.05) is 11.6 Å². The second kappa shape index (κ2) is 5.87. The van der Waals surface area contributed by atoms with Crippen molar-refractivity contribution in [3.8, 4) is 11.5 Å². The number of anilines is 1. The fourth-order valence-corrected chi connectivity index (χ4v) is 3.66. The number of benzene rings is 1. The molecule has 0 saturated heterocycles. The molecule has 2 aliphatic rings. The summed E-state index contributed by atoms with van der Waals surface area (Å²) in [5, 5.41) is 3.83. The van der Waals surface area contributed by atoms with E-state index in [4.69, 9.17) is 16.0 Å². The van der Waals surface area contributed by atoms with Crippen LogP contribution >= 0.6 is 0 Å². The standard InChI is InChI=1S/C17H21N7O/c1-11-20-14(25-23-11)12-5-7-13(8-6-12)24-16(19)21-15(18)22-17(24)9-3-2-4-10-17/h5-8H,2-4,9-10H2,1H3,(H4,18,19,21,22). The maximum absolute atomic E-state index is 6.23. The first-order valence-corrected chi connectivity index (χ1v) is 8.48. The van der Waals surface area contributed by atoms with Gasteiger partial charge in [-0.15, -0.1) is 0 Å². The summed E-state index contributed by atoms with van der Waals surface area (Å²) in [4.78, 5) is 15.1. The molecule has 8 nitrogen and oxygen atoms in total. The molecule has 1 saturated carbocycles. The molecule has 1 aliphatic heterocycles. The number of guanidine groups is 2. The van der Waals surface area contributed by atoms with E-state index < -0.39 is 5.66 Å². The zero-order valence-corrected chi connectivity index (χ0v) is 14.1. The lowest BCUT2D eigenvalue weighted by atomic mass is 9.87. The Hall–Kier alpha value is -2.90. The predicted molar refractivity (Wildman–Crippen MR) is 96.0 cm³/mol. The van der Waals surface area contributed by atoms with Gasteiger partial charge in [0.1, 0.15) is 5.66 Å². The Bertz CT molecular complexity index is 831. The minimum atomic E-state index is -0.434. The summed E-state index contributed by atoms with van der Waals surface area (Å²) in [6, 6.07) is 7.83. The Kier molecular flexibility index (Phi) is 3.67. The molecule has 0 atom stereocenters. The predicted octanol–water partition coefficient (Wildman–Crippen LogP) is 2.15. The fraction of sp³-hybridized carbons (Fsp3) is 0.412. The molecule has 2 heterocycles. The van der Waals surface area contributed by atoms with E-state index >= 15 is 0 Å². The monoisotopic (exact) mass is 339 g/mol. The average molecular weight is 339 g/mol. The Morgan fingerprint density at radius 1 is 1.08 bits per heavy atom. The molecule has 130 valence electrons. The van der Waals surface area contributed by atoms with Crippen molar-refractivity contribution >= 4 is 17.6 Å². The summed E-state index contributed by atoms with van der Waals surface area (Å²) in [6.45, 7) is 1.79. The van der Waals surface area contributed by atoms with Crippen molar-refractivity contribution in [3.05, 3.63) is 30.1 Å². The van der Waals surface area contributed by atoms with Crippen LogP contribution in [0.3, 0.4) is 0 Å². The van der Waals surface area contributed by atoms with Gasteiger partial charge in [0.2, 0.25) is 11.9 Å². The van der Waals surface area contributed by atoms with E-state index in [0.717, 1.165) is 36.9 Å². The average Bonchev–Trinajstić information content (AvgIpc) is 3.02. The van der Waals surface area contributed by atoms with Gasteiger partial charge in [-0.3, -0.25) is 4.90 Å². The van der Waals surface area contributed by atoms with E-state index in [-0.39, 0.29) is 5.96 Å². The van der Waals surface area contributed by atoms with Crippen LogP contribution in [0.1, 0.15) is 37.9 Å². The first kappa shape index (κ1) is 15.6. The summed E-state index contributed by atoms with van der Waals surface area (Å²) in [5.74, 6) is 1.75. The van der Waals surface area contributed by atoms with E-state index in [1.54, 1.807) is 6.92 Å². The number of hydrogen-bond acceptors (Lipinski definition) is 8. The Labute approximate surface area is 145 Å². The van der Waals surface area contributed by atoms with E-state index in [0.29, 0.717) is 17.7 Å². The summed E-state index contributed by atoms with van der Waals surface area (Å²) in [6.07, 6.45) is 5.22. The molecule has 1 aromatic heterocycles. The van der Waals surface area contributed by atoms with Crippen molar-refractivity contribution in [2.45, 2.75) is 44.7 Å². The Balaban J connectivity index is 1.70. The van der Waals surface area contributed by atoms with Crippen molar-refractivity contribution in [1.82, 2.24) is 10.1 Å². The highest BCUT2D eigenvalue weighted by molar-refractivity contribution is 6.05. The number of hydrogen-bond donors (Lipinski definition) is 2. The molecule has 1 aliphatic carbocycles. The molecule has 0 unspecified atom stereocenters. The van der Waals surface area contributed by atoms with Crippen LogP contribution in [0.25, 0.3) is 11.5 Å². The van der Waals surface area contributed by atoms with Gasteiger partial charge in [0.25, 0.3) is 5.89 Å². The van der Waals surface area contributed by atoms with Crippen molar-refractivity contribution in [1.29, 1.82) is 0 Å². The third-order valence-electron chi connectivity index (χ3n) is 4.75. The largest absolute Gasteiger partial charge is 0.369 e. The molecule has 2 aromatic rings. The van der Waals surface area contributed by atoms with Crippen LogP contribution in [-0.2, 0) is 0 Å². The van der Waals surface area contributed by atoms with E-state index in [9.17, 15) is 0 Å². The number of aryl methyl sites for hydroxylation is 1. The number of nitrogens with two attached hydrogens (primary N) is 2. The Morgan fingerprint density at radius 3 is 2.44 bits per heavy atom. The van der Waals surface area contributed by atoms with Gasteiger partial charge in [-0.05, 0) is 56.9 Å². The highest BCUT2D eigenvalue weighted by Gasteiger charge is 2.42. The molecule has 1 fully saturated rings. The highest BCUT2D eigenvalue weighted by Crippen LogP contribution is 2.39. The van der Waals surface area contributed by atoms with Gasteiger partial charge in [0, 0.05) is 11.3 Å². The lowest BCUT2D eigenvalue weighted by Crippen LogP contribution is -2.58. The van der Waals surface area contributed by atoms with Gasteiger partial charge >= 0.3 is 0 Å². The molecule has 8 heteroatoms. The van der Waals surface area contributed by atoms with Crippen molar-refractivity contribution in [2.75, 3.05) is 4.90 Å². The fourth-order valence-electron chi connectivity index (χ4n) is 3.66. The maximum atomic E-state index is 6.23. The van der Waals surface area contributed by atoms with Crippen LogP contribution in [0.4, 0.5) is 5.69 Å². The van der Waals surface area contributed by atoms with Crippen LogP contribution in [0.5, 0.6) is 0 Å². The topological polar surface area (TPSA) is 119 Å². The molecule has 1 spiro atoms.